The van der Waals surface area contributed by atoms with Gasteiger partial charge < -0.3 is 42.3 Å². The van der Waals surface area contributed by atoms with Gasteiger partial charge in [0.25, 0.3) is 0 Å². The van der Waals surface area contributed by atoms with Crippen molar-refractivity contribution in [2.24, 2.45) is 17.6 Å². The van der Waals surface area contributed by atoms with E-state index in [-0.39, 0.29) is 36.4 Å². The van der Waals surface area contributed by atoms with E-state index in [1.807, 2.05) is 0 Å². The number of carbonyl (C=O) groups excluding carboxylic acids is 4. The van der Waals surface area contributed by atoms with Gasteiger partial charge >= 0.3 is 18.0 Å². The lowest BCUT2D eigenvalue weighted by Crippen LogP contribution is -2.57. The molecule has 14 nitrogen and oxygen atoms in total. The highest BCUT2D eigenvalue weighted by Crippen LogP contribution is 2.13. The molecule has 4 atom stereocenters. The summed E-state index contributed by atoms with van der Waals surface area (Å²) in [7, 11) is 0. The molecule has 0 aliphatic rings. The van der Waals surface area contributed by atoms with E-state index in [1.165, 1.54) is 24.3 Å². The number of nitrogens with two attached hydrogens (primary N) is 1. The first kappa shape index (κ1) is 34.0. The van der Waals surface area contributed by atoms with E-state index in [0.717, 1.165) is 0 Å². The summed E-state index contributed by atoms with van der Waals surface area (Å²) in [5, 5.41) is 37.4. The van der Waals surface area contributed by atoms with Gasteiger partial charge in [-0.25, -0.2) is 9.59 Å². The van der Waals surface area contributed by atoms with Crippen molar-refractivity contribution in [2.75, 3.05) is 11.9 Å². The Morgan fingerprint density at radius 3 is 1.90 bits per heavy atom. The number of urea groups is 1. The molecule has 0 aliphatic heterocycles. The molecule has 0 bridgehead atoms. The lowest BCUT2D eigenvalue weighted by Gasteiger charge is -2.26. The Labute approximate surface area is 232 Å². The number of aliphatic hydroxyl groups excluding tert-OH is 1. The Hall–Kier alpha value is -4.04. The lowest BCUT2D eigenvalue weighted by atomic mass is 10.00. The van der Waals surface area contributed by atoms with Crippen LogP contribution in [0.5, 0.6) is 0 Å². The van der Waals surface area contributed by atoms with Crippen LogP contribution in [-0.2, 0) is 19.2 Å². The second kappa shape index (κ2) is 16.2. The average molecular weight is 566 g/mol. The molecule has 0 saturated carbocycles. The molecule has 1 aromatic rings. The van der Waals surface area contributed by atoms with Crippen LogP contribution >= 0.6 is 0 Å². The molecule has 0 spiro atoms. The molecule has 1 rings (SSSR count). The summed E-state index contributed by atoms with van der Waals surface area (Å²) in [6.07, 6.45) is -0.105. The molecular weight excluding hydrogens is 526 g/mol. The highest BCUT2D eigenvalue weighted by Gasteiger charge is 2.31. The van der Waals surface area contributed by atoms with Crippen molar-refractivity contribution in [2.45, 2.75) is 71.1 Å². The lowest BCUT2D eigenvalue weighted by molar-refractivity contribution is -0.143. The van der Waals surface area contributed by atoms with E-state index in [0.29, 0.717) is 0 Å². The first-order chi connectivity index (χ1) is 18.7. The van der Waals surface area contributed by atoms with Gasteiger partial charge in [0.05, 0.1) is 12.6 Å². The van der Waals surface area contributed by atoms with Gasteiger partial charge in [-0.2, -0.15) is 0 Å². The monoisotopic (exact) mass is 565 g/mol. The van der Waals surface area contributed by atoms with Crippen LogP contribution < -0.4 is 27.0 Å². The Kier molecular flexibility index (Phi) is 13.7. The fraction of sp³-hybridized carbons (Fsp3) is 0.538. The standard InChI is InChI=1S/C26H39N5O9/c1-13(2)11-18(23(36)31-21(14(3)4)25(38)39)29-24(37)19(12-32)30-26(40)28-16-7-5-15(6-8-16)22(35)17(27)9-10-20(33)34/h5-8,13-14,17-19,21,32H,9-12,27H2,1-4H3,(H,29,37)(H,31,36)(H,33,34)(H,38,39)(H2,28,30,40)/t17-,18-,19-,21-/m0/s1. The highest BCUT2D eigenvalue weighted by molar-refractivity contribution is 6.01. The van der Waals surface area contributed by atoms with Gasteiger partial charge in [0.2, 0.25) is 11.8 Å². The minimum atomic E-state index is -1.43. The van der Waals surface area contributed by atoms with E-state index < -0.39 is 72.3 Å². The molecule has 0 saturated heterocycles. The predicted octanol–water partition coefficient (Wildman–Crippen LogP) is 0.300. The number of benzene rings is 1. The van der Waals surface area contributed by atoms with Crippen LogP contribution in [-0.4, -0.2) is 81.7 Å². The van der Waals surface area contributed by atoms with Crippen LogP contribution in [0.25, 0.3) is 0 Å². The van der Waals surface area contributed by atoms with Crippen LogP contribution in [0.4, 0.5) is 10.5 Å². The number of ketones is 1. The van der Waals surface area contributed by atoms with E-state index in [2.05, 4.69) is 21.3 Å². The van der Waals surface area contributed by atoms with Gasteiger partial charge in [-0.1, -0.05) is 27.7 Å². The summed E-state index contributed by atoms with van der Waals surface area (Å²) >= 11 is 0. The molecular formula is C26H39N5O9. The van der Waals surface area contributed by atoms with E-state index in [4.69, 9.17) is 10.8 Å². The largest absolute Gasteiger partial charge is 0.481 e. The molecule has 0 heterocycles. The Morgan fingerprint density at radius 1 is 0.850 bits per heavy atom. The van der Waals surface area contributed by atoms with Crippen molar-refractivity contribution in [3.63, 3.8) is 0 Å². The summed E-state index contributed by atoms with van der Waals surface area (Å²) in [5.41, 5.74) is 6.20. The number of carboxylic acids is 2. The van der Waals surface area contributed by atoms with Crippen LogP contribution in [0.2, 0.25) is 0 Å². The normalized spacial score (nSPS) is 14.0. The van der Waals surface area contributed by atoms with Crippen molar-refractivity contribution >= 4 is 41.3 Å². The second-order valence-corrected chi connectivity index (χ2v) is 10.1. The summed E-state index contributed by atoms with van der Waals surface area (Å²) in [5.74, 6) is -4.77. The van der Waals surface area contributed by atoms with Crippen molar-refractivity contribution in [1.82, 2.24) is 16.0 Å². The van der Waals surface area contributed by atoms with Crippen molar-refractivity contribution in [3.8, 4) is 0 Å². The van der Waals surface area contributed by atoms with E-state index in [1.54, 1.807) is 27.7 Å². The molecule has 9 N–H and O–H groups in total. The zero-order valence-electron chi connectivity index (χ0n) is 23.0. The van der Waals surface area contributed by atoms with Gasteiger partial charge in [-0.3, -0.25) is 19.2 Å². The number of anilines is 1. The van der Waals surface area contributed by atoms with Gasteiger partial charge in [0, 0.05) is 17.7 Å². The number of aliphatic carboxylic acids is 2. The molecule has 0 aliphatic carbocycles. The molecule has 40 heavy (non-hydrogen) atoms. The quantitative estimate of drug-likeness (QED) is 0.128. The summed E-state index contributed by atoms with van der Waals surface area (Å²) in [4.78, 5) is 72.5. The Morgan fingerprint density at radius 2 is 1.43 bits per heavy atom. The summed E-state index contributed by atoms with van der Waals surface area (Å²) < 4.78 is 0. The third-order valence-electron chi connectivity index (χ3n) is 5.81. The van der Waals surface area contributed by atoms with Crippen LogP contribution in [0, 0.1) is 11.8 Å². The van der Waals surface area contributed by atoms with Crippen molar-refractivity contribution < 1.29 is 44.1 Å². The molecule has 14 heteroatoms. The highest BCUT2D eigenvalue weighted by atomic mass is 16.4. The number of nitrogens with one attached hydrogen (secondary N) is 4. The van der Waals surface area contributed by atoms with Crippen molar-refractivity contribution in [3.05, 3.63) is 29.8 Å². The fourth-order valence-electron chi connectivity index (χ4n) is 3.60. The fourth-order valence-corrected chi connectivity index (χ4v) is 3.60. The van der Waals surface area contributed by atoms with Crippen LogP contribution in [0.3, 0.4) is 0 Å². The summed E-state index contributed by atoms with van der Waals surface area (Å²) in [6.45, 7) is 6.08. The van der Waals surface area contributed by atoms with E-state index in [9.17, 15) is 39.0 Å². The molecule has 0 aromatic heterocycles. The average Bonchev–Trinajstić information content (AvgIpc) is 2.87. The minimum Gasteiger partial charge on any atom is -0.481 e. The Bertz CT molecular complexity index is 1060. The molecule has 222 valence electrons. The predicted molar refractivity (Wildman–Crippen MR) is 144 cm³/mol. The van der Waals surface area contributed by atoms with Crippen molar-refractivity contribution in [1.29, 1.82) is 0 Å². The molecule has 1 aromatic carbocycles. The molecule has 0 unspecified atom stereocenters. The second-order valence-electron chi connectivity index (χ2n) is 10.1. The number of carboxylic acid groups (broad SMARTS) is 2. The molecule has 0 radical (unpaired) electrons. The van der Waals surface area contributed by atoms with E-state index >= 15 is 0 Å². The Balaban J connectivity index is 2.82. The SMILES string of the molecule is CC(C)C[C@H](NC(=O)[C@H](CO)NC(=O)Nc1ccc(C(=O)[C@@H](N)CCC(=O)O)cc1)C(=O)N[C@H](C(=O)O)C(C)C. The van der Waals surface area contributed by atoms with Gasteiger partial charge in [0.15, 0.2) is 5.78 Å². The maximum absolute atomic E-state index is 12.8. The summed E-state index contributed by atoms with van der Waals surface area (Å²) in [6, 6.07) is 0.0272. The first-order valence-corrected chi connectivity index (χ1v) is 12.8. The van der Waals surface area contributed by atoms with Crippen LogP contribution in [0.15, 0.2) is 24.3 Å². The van der Waals surface area contributed by atoms with Gasteiger partial charge in [-0.15, -0.1) is 0 Å². The number of Topliss-reactive ketones (excluding diaryl/α,β-unsaturated/α-hetero) is 1. The van der Waals surface area contributed by atoms with Crippen LogP contribution in [0.1, 0.15) is 57.3 Å². The first-order valence-electron chi connectivity index (χ1n) is 12.8. The zero-order valence-corrected chi connectivity index (χ0v) is 23.0. The number of hydrogen-bond donors (Lipinski definition) is 8. The third-order valence-corrected chi connectivity index (χ3v) is 5.81. The molecule has 0 fully saturated rings. The topological polar surface area (TPSA) is 237 Å². The zero-order chi connectivity index (χ0) is 30.6. The number of hydrogen-bond acceptors (Lipinski definition) is 8. The maximum atomic E-state index is 12.8. The number of carbonyl (C=O) groups is 6. The smallest absolute Gasteiger partial charge is 0.326 e. The third kappa shape index (κ3) is 11.4. The minimum absolute atomic E-state index is 0.0290. The van der Waals surface area contributed by atoms with Gasteiger partial charge in [-0.05, 0) is 48.9 Å². The van der Waals surface area contributed by atoms with Gasteiger partial charge in [0.1, 0.15) is 18.1 Å². The number of amides is 4. The maximum Gasteiger partial charge on any atom is 0.326 e. The molecule has 4 amide bonds. The number of rotatable bonds is 16. The number of aliphatic hydroxyl groups is 1.